The van der Waals surface area contributed by atoms with Gasteiger partial charge in [0.25, 0.3) is 0 Å². The lowest BCUT2D eigenvalue weighted by Gasteiger charge is -2.08. The normalized spacial score (nSPS) is 13.6. The number of carbonyl (C=O) groups excluding carboxylic acids is 1. The molecule has 0 radical (unpaired) electrons. The van der Waals surface area contributed by atoms with Gasteiger partial charge in [-0.3, -0.25) is 4.79 Å². The van der Waals surface area contributed by atoms with E-state index in [4.69, 9.17) is 10.00 Å². The van der Waals surface area contributed by atoms with Gasteiger partial charge in [0.1, 0.15) is 11.8 Å². The van der Waals surface area contributed by atoms with Crippen LogP contribution in [0.25, 0.3) is 0 Å². The molecule has 0 unspecified atom stereocenters. The number of hydrogen-bond donors (Lipinski definition) is 2. The van der Waals surface area contributed by atoms with Gasteiger partial charge in [0.05, 0.1) is 12.7 Å². The molecule has 2 N–H and O–H groups in total. The van der Waals surface area contributed by atoms with Crippen molar-refractivity contribution in [3.63, 3.8) is 0 Å². The van der Waals surface area contributed by atoms with Crippen LogP contribution >= 0.6 is 0 Å². The Morgan fingerprint density at radius 1 is 1.45 bits per heavy atom. The lowest BCUT2D eigenvalue weighted by molar-refractivity contribution is -0.122. The lowest BCUT2D eigenvalue weighted by atomic mass is 10.1. The van der Waals surface area contributed by atoms with Crippen molar-refractivity contribution in [2.75, 3.05) is 20.2 Å². The van der Waals surface area contributed by atoms with Gasteiger partial charge in [-0.2, -0.15) is 5.26 Å². The molecule has 5 heteroatoms. The van der Waals surface area contributed by atoms with Crippen LogP contribution in [0.2, 0.25) is 0 Å². The Morgan fingerprint density at radius 3 is 2.90 bits per heavy atom. The molecule has 0 heterocycles. The van der Waals surface area contributed by atoms with E-state index in [0.29, 0.717) is 24.4 Å². The maximum atomic E-state index is 11.4. The Kier molecular flexibility index (Phi) is 4.97. The smallest absolute Gasteiger partial charge is 0.223 e. The van der Waals surface area contributed by atoms with Crippen LogP contribution in [0, 0.1) is 17.2 Å². The minimum Gasteiger partial charge on any atom is -0.495 e. The zero-order valence-electron chi connectivity index (χ0n) is 11.6. The number of ether oxygens (including phenoxy) is 1. The fraction of sp³-hybridized carbons (Fsp3) is 0.467. The average molecular weight is 273 g/mol. The summed E-state index contributed by atoms with van der Waals surface area (Å²) in [6.07, 6.45) is 2.06. The SMILES string of the molecule is COc1cc(CNCCNC(=O)C2CC2)ccc1C#N. The maximum Gasteiger partial charge on any atom is 0.223 e. The van der Waals surface area contributed by atoms with Gasteiger partial charge in [-0.15, -0.1) is 0 Å². The standard InChI is InChI=1S/C15H19N3O2/c1-20-14-8-11(2-3-13(14)9-16)10-17-6-7-18-15(19)12-4-5-12/h2-3,8,12,17H,4-7,10H2,1H3,(H,18,19). The molecule has 5 nitrogen and oxygen atoms in total. The Hall–Kier alpha value is -2.06. The van der Waals surface area contributed by atoms with Gasteiger partial charge in [0.15, 0.2) is 0 Å². The van der Waals surface area contributed by atoms with E-state index in [1.54, 1.807) is 13.2 Å². The van der Waals surface area contributed by atoms with Gasteiger partial charge in [-0.05, 0) is 30.5 Å². The van der Waals surface area contributed by atoms with Crippen molar-refractivity contribution >= 4 is 5.91 Å². The Balaban J connectivity index is 1.71. The highest BCUT2D eigenvalue weighted by molar-refractivity contribution is 5.80. The van der Waals surface area contributed by atoms with Crippen molar-refractivity contribution in [2.45, 2.75) is 19.4 Å². The van der Waals surface area contributed by atoms with Crippen LogP contribution < -0.4 is 15.4 Å². The minimum absolute atomic E-state index is 0.173. The van der Waals surface area contributed by atoms with Gasteiger partial charge < -0.3 is 15.4 Å². The molecule has 1 fully saturated rings. The average Bonchev–Trinajstić information content (AvgIpc) is 3.31. The van der Waals surface area contributed by atoms with Crippen LogP contribution in [-0.4, -0.2) is 26.1 Å². The number of rotatable bonds is 7. The second kappa shape index (κ2) is 6.92. The van der Waals surface area contributed by atoms with Crippen molar-refractivity contribution in [3.05, 3.63) is 29.3 Å². The maximum absolute atomic E-state index is 11.4. The van der Waals surface area contributed by atoms with Gasteiger partial charge >= 0.3 is 0 Å². The molecule has 20 heavy (non-hydrogen) atoms. The number of hydrogen-bond acceptors (Lipinski definition) is 4. The van der Waals surface area contributed by atoms with E-state index in [1.807, 2.05) is 12.1 Å². The summed E-state index contributed by atoms with van der Waals surface area (Å²) in [7, 11) is 1.56. The van der Waals surface area contributed by atoms with Gasteiger partial charge in [-0.1, -0.05) is 6.07 Å². The first-order valence-corrected chi connectivity index (χ1v) is 6.80. The van der Waals surface area contributed by atoms with E-state index in [0.717, 1.165) is 24.9 Å². The summed E-state index contributed by atoms with van der Waals surface area (Å²) in [5.74, 6) is 1.03. The highest BCUT2D eigenvalue weighted by Gasteiger charge is 2.28. The molecule has 1 amide bonds. The van der Waals surface area contributed by atoms with Crippen LogP contribution in [0.3, 0.4) is 0 Å². The molecule has 1 aliphatic carbocycles. The van der Waals surface area contributed by atoms with Crippen LogP contribution in [0.4, 0.5) is 0 Å². The third-order valence-electron chi connectivity index (χ3n) is 3.26. The molecule has 0 atom stereocenters. The van der Waals surface area contributed by atoms with Crippen molar-refractivity contribution in [2.24, 2.45) is 5.92 Å². The van der Waals surface area contributed by atoms with E-state index in [9.17, 15) is 4.79 Å². The monoisotopic (exact) mass is 273 g/mol. The predicted molar refractivity (Wildman–Crippen MR) is 75.1 cm³/mol. The molecule has 0 spiro atoms. The van der Waals surface area contributed by atoms with Crippen molar-refractivity contribution in [1.82, 2.24) is 10.6 Å². The van der Waals surface area contributed by atoms with E-state index >= 15 is 0 Å². The van der Waals surface area contributed by atoms with Crippen molar-refractivity contribution in [1.29, 1.82) is 5.26 Å². The number of carbonyl (C=O) groups is 1. The summed E-state index contributed by atoms with van der Waals surface area (Å²) < 4.78 is 5.16. The van der Waals surface area contributed by atoms with Gasteiger partial charge in [-0.25, -0.2) is 0 Å². The predicted octanol–water partition coefficient (Wildman–Crippen LogP) is 1.18. The first-order chi connectivity index (χ1) is 9.74. The molecule has 0 aliphatic heterocycles. The Bertz CT molecular complexity index is 518. The molecular weight excluding hydrogens is 254 g/mol. The first-order valence-electron chi connectivity index (χ1n) is 6.80. The zero-order chi connectivity index (χ0) is 14.4. The fourth-order valence-corrected chi connectivity index (χ4v) is 1.93. The molecule has 1 aliphatic rings. The largest absolute Gasteiger partial charge is 0.495 e. The topological polar surface area (TPSA) is 74.2 Å². The second-order valence-corrected chi connectivity index (χ2v) is 4.89. The molecule has 0 bridgehead atoms. The highest BCUT2D eigenvalue weighted by atomic mass is 16.5. The third kappa shape index (κ3) is 3.97. The van der Waals surface area contributed by atoms with Crippen LogP contribution in [0.5, 0.6) is 5.75 Å². The van der Waals surface area contributed by atoms with Crippen molar-refractivity contribution in [3.8, 4) is 11.8 Å². The summed E-state index contributed by atoms with van der Waals surface area (Å²) >= 11 is 0. The number of benzene rings is 1. The van der Waals surface area contributed by atoms with Gasteiger partial charge in [0.2, 0.25) is 5.91 Å². The molecule has 0 saturated heterocycles. The van der Waals surface area contributed by atoms with E-state index < -0.39 is 0 Å². The second-order valence-electron chi connectivity index (χ2n) is 4.89. The fourth-order valence-electron chi connectivity index (χ4n) is 1.93. The molecule has 1 aromatic rings. The number of amides is 1. The van der Waals surface area contributed by atoms with E-state index in [2.05, 4.69) is 16.7 Å². The Labute approximate surface area is 118 Å². The number of nitrogens with one attached hydrogen (secondary N) is 2. The van der Waals surface area contributed by atoms with Crippen LogP contribution in [-0.2, 0) is 11.3 Å². The van der Waals surface area contributed by atoms with Gasteiger partial charge in [0, 0.05) is 25.6 Å². The number of methoxy groups -OCH3 is 1. The summed E-state index contributed by atoms with van der Waals surface area (Å²) in [6, 6.07) is 7.60. The van der Waals surface area contributed by atoms with Crippen LogP contribution in [0.15, 0.2) is 18.2 Å². The molecule has 1 aromatic carbocycles. The zero-order valence-corrected chi connectivity index (χ0v) is 11.6. The summed E-state index contributed by atoms with van der Waals surface area (Å²) in [4.78, 5) is 11.4. The Morgan fingerprint density at radius 2 is 2.25 bits per heavy atom. The molecule has 106 valence electrons. The molecule has 0 aromatic heterocycles. The molecule has 2 rings (SSSR count). The summed E-state index contributed by atoms with van der Waals surface area (Å²) in [5.41, 5.74) is 1.59. The third-order valence-corrected chi connectivity index (χ3v) is 3.26. The minimum atomic E-state index is 0.173. The highest BCUT2D eigenvalue weighted by Crippen LogP contribution is 2.28. The lowest BCUT2D eigenvalue weighted by Crippen LogP contribution is -2.32. The van der Waals surface area contributed by atoms with Crippen molar-refractivity contribution < 1.29 is 9.53 Å². The molecular formula is C15H19N3O2. The van der Waals surface area contributed by atoms with Crippen LogP contribution in [0.1, 0.15) is 24.0 Å². The summed E-state index contributed by atoms with van der Waals surface area (Å²) in [6.45, 7) is 2.05. The van der Waals surface area contributed by atoms with E-state index in [1.165, 1.54) is 0 Å². The first kappa shape index (κ1) is 14.4. The number of nitriles is 1. The quantitative estimate of drug-likeness (QED) is 0.732. The molecule has 1 saturated carbocycles. The summed E-state index contributed by atoms with van der Waals surface area (Å²) in [5, 5.41) is 15.1. The number of nitrogens with zero attached hydrogens (tertiary/aromatic N) is 1. The van der Waals surface area contributed by atoms with E-state index in [-0.39, 0.29) is 11.8 Å².